The van der Waals surface area contributed by atoms with Gasteiger partial charge in [0, 0.05) is 12.0 Å². The number of ether oxygens (including phenoxy) is 1. The first-order valence-corrected chi connectivity index (χ1v) is 7.92. The van der Waals surface area contributed by atoms with Crippen molar-refractivity contribution in [2.45, 2.75) is 13.3 Å². The molecular weight excluding hydrogens is 302 g/mol. The lowest BCUT2D eigenvalue weighted by molar-refractivity contribution is 0.323. The van der Waals surface area contributed by atoms with Crippen molar-refractivity contribution >= 4 is 11.0 Å². The van der Waals surface area contributed by atoms with E-state index in [2.05, 4.69) is 4.98 Å². The van der Waals surface area contributed by atoms with E-state index >= 15 is 0 Å². The largest absolute Gasteiger partial charge is 0.492 e. The maximum Gasteiger partial charge on any atom is 0.226 e. The van der Waals surface area contributed by atoms with Crippen LogP contribution < -0.4 is 4.74 Å². The Morgan fingerprint density at radius 3 is 2.75 bits per heavy atom. The van der Waals surface area contributed by atoms with E-state index in [4.69, 9.17) is 13.6 Å². The van der Waals surface area contributed by atoms with Crippen LogP contribution in [0.5, 0.6) is 5.75 Å². The molecule has 2 heterocycles. The van der Waals surface area contributed by atoms with Crippen LogP contribution >= 0.6 is 0 Å². The lowest BCUT2D eigenvalue weighted by Crippen LogP contribution is -2.02. The molecule has 4 aromatic rings. The van der Waals surface area contributed by atoms with E-state index in [1.807, 2.05) is 61.5 Å². The maximum atomic E-state index is 5.91. The molecule has 0 fully saturated rings. The summed E-state index contributed by atoms with van der Waals surface area (Å²) in [5.41, 5.74) is 2.74. The zero-order chi connectivity index (χ0) is 16.4. The number of fused-ring (bicyclic) bond motifs is 1. The molecule has 0 saturated carbocycles. The van der Waals surface area contributed by atoms with Crippen molar-refractivity contribution in [1.29, 1.82) is 0 Å². The molecule has 0 atom stereocenters. The zero-order valence-electron chi connectivity index (χ0n) is 13.4. The van der Waals surface area contributed by atoms with Gasteiger partial charge >= 0.3 is 0 Å². The third-order valence-corrected chi connectivity index (χ3v) is 3.97. The predicted molar refractivity (Wildman–Crippen MR) is 92.1 cm³/mol. The molecule has 0 saturated heterocycles. The molecule has 0 aliphatic rings. The van der Waals surface area contributed by atoms with E-state index in [0.717, 1.165) is 33.7 Å². The van der Waals surface area contributed by atoms with Crippen LogP contribution in [0.25, 0.3) is 22.4 Å². The summed E-state index contributed by atoms with van der Waals surface area (Å²) in [5.74, 6) is 2.31. The molecule has 4 heteroatoms. The normalized spacial score (nSPS) is 11.0. The van der Waals surface area contributed by atoms with Crippen molar-refractivity contribution in [3.05, 3.63) is 72.3 Å². The molecule has 0 aliphatic carbocycles. The molecule has 0 amide bonds. The summed E-state index contributed by atoms with van der Waals surface area (Å²) in [6, 6.07) is 17.6. The molecule has 0 radical (unpaired) electrons. The molecule has 0 spiro atoms. The Balaban J connectivity index is 1.47. The Morgan fingerprint density at radius 2 is 1.88 bits per heavy atom. The van der Waals surface area contributed by atoms with Gasteiger partial charge in [-0.25, -0.2) is 4.98 Å². The number of furan rings is 1. The molecule has 0 aliphatic heterocycles. The Morgan fingerprint density at radius 1 is 1.00 bits per heavy atom. The fourth-order valence-electron chi connectivity index (χ4n) is 2.71. The molecule has 0 N–H and O–H groups in total. The number of hydrogen-bond donors (Lipinski definition) is 0. The summed E-state index contributed by atoms with van der Waals surface area (Å²) in [4.78, 5) is 4.60. The van der Waals surface area contributed by atoms with Crippen molar-refractivity contribution < 1.29 is 13.6 Å². The van der Waals surface area contributed by atoms with Gasteiger partial charge in [0.1, 0.15) is 17.1 Å². The zero-order valence-corrected chi connectivity index (χ0v) is 13.4. The van der Waals surface area contributed by atoms with Gasteiger partial charge in [-0.15, -0.1) is 0 Å². The second kappa shape index (κ2) is 6.24. The standard InChI is InChI=1S/C20H17NO3/c1-14-17(21-20(24-14)15-6-3-2-4-7-15)11-13-23-19-9-5-8-18-16(19)10-12-22-18/h2-10,12H,11,13H2,1H3. The molecular formula is C20H17NO3. The van der Waals surface area contributed by atoms with Crippen LogP contribution in [-0.4, -0.2) is 11.6 Å². The van der Waals surface area contributed by atoms with Crippen LogP contribution in [0.4, 0.5) is 0 Å². The van der Waals surface area contributed by atoms with Crippen LogP contribution in [0.1, 0.15) is 11.5 Å². The first kappa shape index (κ1) is 14.6. The SMILES string of the molecule is Cc1oc(-c2ccccc2)nc1CCOc1cccc2occc12. The van der Waals surface area contributed by atoms with E-state index in [1.165, 1.54) is 0 Å². The van der Waals surface area contributed by atoms with Gasteiger partial charge in [-0.1, -0.05) is 24.3 Å². The molecule has 24 heavy (non-hydrogen) atoms. The molecule has 120 valence electrons. The van der Waals surface area contributed by atoms with E-state index in [0.29, 0.717) is 18.9 Å². The van der Waals surface area contributed by atoms with Crippen molar-refractivity contribution in [3.63, 3.8) is 0 Å². The van der Waals surface area contributed by atoms with Crippen molar-refractivity contribution in [2.75, 3.05) is 6.61 Å². The second-order valence-corrected chi connectivity index (χ2v) is 5.57. The van der Waals surface area contributed by atoms with Gasteiger partial charge in [0.15, 0.2) is 0 Å². The molecule has 0 unspecified atom stereocenters. The number of aromatic nitrogens is 1. The Kier molecular flexibility index (Phi) is 3.79. The summed E-state index contributed by atoms with van der Waals surface area (Å²) in [6.07, 6.45) is 2.36. The van der Waals surface area contributed by atoms with E-state index in [9.17, 15) is 0 Å². The Bertz CT molecular complexity index is 953. The third kappa shape index (κ3) is 2.78. The van der Waals surface area contributed by atoms with Gasteiger partial charge in [0.25, 0.3) is 0 Å². The predicted octanol–water partition coefficient (Wildman–Crippen LogP) is 5.02. The third-order valence-electron chi connectivity index (χ3n) is 3.97. The van der Waals surface area contributed by atoms with Crippen molar-refractivity contribution in [2.24, 2.45) is 0 Å². The first-order valence-electron chi connectivity index (χ1n) is 7.92. The minimum atomic E-state index is 0.534. The highest BCUT2D eigenvalue weighted by molar-refractivity contribution is 5.83. The molecule has 4 nitrogen and oxygen atoms in total. The minimum Gasteiger partial charge on any atom is -0.492 e. The Hall–Kier alpha value is -3.01. The van der Waals surface area contributed by atoms with Gasteiger partial charge in [-0.05, 0) is 37.3 Å². The molecule has 4 rings (SSSR count). The first-order chi connectivity index (χ1) is 11.8. The number of rotatable bonds is 5. The highest BCUT2D eigenvalue weighted by Gasteiger charge is 2.12. The summed E-state index contributed by atoms with van der Waals surface area (Å²) < 4.78 is 17.1. The summed E-state index contributed by atoms with van der Waals surface area (Å²) in [7, 11) is 0. The van der Waals surface area contributed by atoms with Gasteiger partial charge in [-0.2, -0.15) is 0 Å². The van der Waals surface area contributed by atoms with Crippen LogP contribution in [0, 0.1) is 6.92 Å². The van der Waals surface area contributed by atoms with Crippen LogP contribution in [0.3, 0.4) is 0 Å². The van der Waals surface area contributed by atoms with Crippen LogP contribution in [-0.2, 0) is 6.42 Å². The Labute approximate surface area is 139 Å². The fourth-order valence-corrected chi connectivity index (χ4v) is 2.71. The monoisotopic (exact) mass is 319 g/mol. The molecule has 0 bridgehead atoms. The van der Waals surface area contributed by atoms with E-state index in [-0.39, 0.29) is 0 Å². The second-order valence-electron chi connectivity index (χ2n) is 5.57. The molecule has 2 aromatic carbocycles. The number of aryl methyl sites for hydroxylation is 1. The smallest absolute Gasteiger partial charge is 0.226 e. The molecule has 2 aromatic heterocycles. The lowest BCUT2D eigenvalue weighted by atomic mass is 10.2. The summed E-state index contributed by atoms with van der Waals surface area (Å²) in [5, 5.41) is 0.986. The minimum absolute atomic E-state index is 0.534. The number of nitrogens with zero attached hydrogens (tertiary/aromatic N) is 1. The van der Waals surface area contributed by atoms with Gasteiger partial charge < -0.3 is 13.6 Å². The summed E-state index contributed by atoms with van der Waals surface area (Å²) in [6.45, 7) is 2.47. The van der Waals surface area contributed by atoms with Crippen molar-refractivity contribution in [1.82, 2.24) is 4.98 Å². The van der Waals surface area contributed by atoms with E-state index in [1.54, 1.807) is 6.26 Å². The van der Waals surface area contributed by atoms with E-state index < -0.39 is 0 Å². The quantitative estimate of drug-likeness (QED) is 0.518. The average molecular weight is 319 g/mol. The summed E-state index contributed by atoms with van der Waals surface area (Å²) >= 11 is 0. The van der Waals surface area contributed by atoms with Gasteiger partial charge in [0.2, 0.25) is 5.89 Å². The topological polar surface area (TPSA) is 48.4 Å². The highest BCUT2D eigenvalue weighted by Crippen LogP contribution is 2.27. The van der Waals surface area contributed by atoms with Crippen molar-refractivity contribution in [3.8, 4) is 17.2 Å². The van der Waals surface area contributed by atoms with Crippen LogP contribution in [0.15, 0.2) is 69.7 Å². The highest BCUT2D eigenvalue weighted by atomic mass is 16.5. The van der Waals surface area contributed by atoms with Gasteiger partial charge in [-0.3, -0.25) is 0 Å². The fraction of sp³-hybridized carbons (Fsp3) is 0.150. The van der Waals surface area contributed by atoms with Crippen LogP contribution in [0.2, 0.25) is 0 Å². The lowest BCUT2D eigenvalue weighted by Gasteiger charge is -2.05. The number of hydrogen-bond acceptors (Lipinski definition) is 4. The average Bonchev–Trinajstić information content (AvgIpc) is 3.23. The maximum absolute atomic E-state index is 5.91. The number of benzene rings is 2. The number of oxazole rings is 1. The van der Waals surface area contributed by atoms with Gasteiger partial charge in [0.05, 0.1) is 24.0 Å².